The van der Waals surface area contributed by atoms with E-state index in [2.05, 4.69) is 10.3 Å². The zero-order chi connectivity index (χ0) is 21.5. The summed E-state index contributed by atoms with van der Waals surface area (Å²) in [5.74, 6) is -1.65. The first-order valence-corrected chi connectivity index (χ1v) is 9.42. The van der Waals surface area contributed by atoms with Crippen LogP contribution in [0.15, 0.2) is 52.8 Å². The number of ether oxygens (including phenoxy) is 1. The van der Waals surface area contributed by atoms with E-state index >= 15 is 0 Å². The van der Waals surface area contributed by atoms with Crippen LogP contribution in [0.5, 0.6) is 0 Å². The van der Waals surface area contributed by atoms with E-state index in [0.29, 0.717) is 24.0 Å². The van der Waals surface area contributed by atoms with Crippen LogP contribution in [0.4, 0.5) is 8.78 Å². The van der Waals surface area contributed by atoms with Gasteiger partial charge in [0.25, 0.3) is 0 Å². The van der Waals surface area contributed by atoms with Crippen LogP contribution in [0.1, 0.15) is 35.4 Å². The number of benzene rings is 2. The smallest absolute Gasteiger partial charge is 0.360 e. The van der Waals surface area contributed by atoms with Crippen molar-refractivity contribution in [3.8, 4) is 0 Å². The lowest BCUT2D eigenvalue weighted by Gasteiger charge is -2.09. The van der Waals surface area contributed by atoms with Crippen LogP contribution in [0.2, 0.25) is 0 Å². The van der Waals surface area contributed by atoms with Gasteiger partial charge in [-0.2, -0.15) is 0 Å². The summed E-state index contributed by atoms with van der Waals surface area (Å²) in [7, 11) is 2.60. The zero-order valence-corrected chi connectivity index (χ0v) is 16.7. The molecule has 158 valence electrons. The maximum absolute atomic E-state index is 13.8. The minimum atomic E-state index is -0.632. The summed E-state index contributed by atoms with van der Waals surface area (Å²) >= 11 is 0. The first-order chi connectivity index (χ1) is 14.6. The molecule has 0 aromatic heterocycles. The fourth-order valence-electron chi connectivity index (χ4n) is 3.33. The Balaban J connectivity index is 1.56. The second-order valence-electron chi connectivity index (χ2n) is 6.81. The van der Waals surface area contributed by atoms with E-state index in [1.54, 1.807) is 30.5 Å². The fourth-order valence-corrected chi connectivity index (χ4v) is 3.33. The van der Waals surface area contributed by atoms with Crippen molar-refractivity contribution in [1.82, 2.24) is 0 Å². The molecule has 6 nitrogen and oxygen atoms in total. The van der Waals surface area contributed by atoms with Crippen LogP contribution < -0.4 is 0 Å². The van der Waals surface area contributed by atoms with Crippen LogP contribution in [0.3, 0.4) is 0 Å². The summed E-state index contributed by atoms with van der Waals surface area (Å²) in [6.45, 7) is 0.0996. The second kappa shape index (κ2) is 9.96. The average molecular weight is 416 g/mol. The highest BCUT2D eigenvalue weighted by Crippen LogP contribution is 2.50. The van der Waals surface area contributed by atoms with Gasteiger partial charge in [-0.15, -0.1) is 0 Å². The Labute approximate surface area is 173 Å². The molecule has 1 saturated carbocycles. The molecular weight excluding hydrogens is 394 g/mol. The van der Waals surface area contributed by atoms with Gasteiger partial charge in [0.15, 0.2) is 5.71 Å². The molecule has 0 spiro atoms. The number of hydrogen-bond acceptors (Lipinski definition) is 6. The van der Waals surface area contributed by atoms with Crippen molar-refractivity contribution in [2.45, 2.75) is 25.4 Å². The Hall–Kier alpha value is -3.29. The van der Waals surface area contributed by atoms with Crippen molar-refractivity contribution in [3.05, 3.63) is 70.8 Å². The minimum absolute atomic E-state index is 0.0240. The molecule has 2 aromatic carbocycles. The van der Waals surface area contributed by atoms with Crippen molar-refractivity contribution in [3.63, 3.8) is 0 Å². The highest BCUT2D eigenvalue weighted by molar-refractivity contribution is 6.43. The number of rotatable bonds is 9. The lowest BCUT2D eigenvalue weighted by molar-refractivity contribution is -0.132. The molecule has 0 radical (unpaired) electrons. The summed E-state index contributed by atoms with van der Waals surface area (Å²) in [6, 6.07) is 10.9. The minimum Gasteiger partial charge on any atom is -0.464 e. The molecule has 0 saturated heterocycles. The maximum atomic E-state index is 13.8. The van der Waals surface area contributed by atoms with E-state index in [4.69, 9.17) is 14.4 Å². The Bertz CT molecular complexity index is 942. The van der Waals surface area contributed by atoms with Gasteiger partial charge in [-0.25, -0.2) is 13.6 Å². The van der Waals surface area contributed by atoms with Gasteiger partial charge in [-0.1, -0.05) is 40.6 Å². The van der Waals surface area contributed by atoms with Gasteiger partial charge in [0.2, 0.25) is 0 Å². The quantitative estimate of drug-likeness (QED) is 0.349. The standard InChI is InChI=1S/C22H22F2N2O4/c1-28-22(27)21(26-29-2)16-7-4-3-6-15(16)13-30-25-11-10-14-12-17(14)20-18(23)8-5-9-19(20)24/h3-9,11,14,17H,10,12-13H2,1-2H3/t14-,17-/m1/s1. The Morgan fingerprint density at radius 2 is 1.87 bits per heavy atom. The number of nitrogens with zero attached hydrogens (tertiary/aromatic N) is 2. The van der Waals surface area contributed by atoms with Crippen molar-refractivity contribution in [2.75, 3.05) is 14.2 Å². The monoisotopic (exact) mass is 416 g/mol. The Morgan fingerprint density at radius 3 is 2.57 bits per heavy atom. The summed E-state index contributed by atoms with van der Waals surface area (Å²) in [6.07, 6.45) is 2.86. The summed E-state index contributed by atoms with van der Waals surface area (Å²) in [5, 5.41) is 7.67. The van der Waals surface area contributed by atoms with Gasteiger partial charge in [0.05, 0.1) is 7.11 Å². The molecule has 0 N–H and O–H groups in total. The largest absolute Gasteiger partial charge is 0.464 e. The molecule has 8 heteroatoms. The molecule has 0 amide bonds. The molecule has 0 heterocycles. The molecule has 1 aliphatic carbocycles. The maximum Gasteiger partial charge on any atom is 0.360 e. The number of halogens is 2. The van der Waals surface area contributed by atoms with Gasteiger partial charge in [-0.3, -0.25) is 0 Å². The van der Waals surface area contributed by atoms with Gasteiger partial charge < -0.3 is 14.4 Å². The average Bonchev–Trinajstić information content (AvgIpc) is 3.50. The highest BCUT2D eigenvalue weighted by atomic mass is 19.1. The van der Waals surface area contributed by atoms with Crippen molar-refractivity contribution in [2.24, 2.45) is 16.2 Å². The number of hydrogen-bond donors (Lipinski definition) is 0. The SMILES string of the molecule is CON=C(C(=O)OC)c1ccccc1CON=CC[C@@H]1C[C@H]1c1c(F)cccc1F. The number of esters is 1. The summed E-state index contributed by atoms with van der Waals surface area (Å²) in [4.78, 5) is 22.0. The van der Waals surface area contributed by atoms with E-state index in [0.717, 1.165) is 0 Å². The van der Waals surface area contributed by atoms with E-state index in [9.17, 15) is 13.6 Å². The van der Waals surface area contributed by atoms with E-state index in [1.807, 2.05) is 0 Å². The van der Waals surface area contributed by atoms with E-state index in [-0.39, 0.29) is 29.7 Å². The molecule has 1 fully saturated rings. The van der Waals surface area contributed by atoms with Crippen molar-refractivity contribution >= 4 is 17.9 Å². The number of carbonyl (C=O) groups excluding carboxylic acids is 1. The van der Waals surface area contributed by atoms with E-state index < -0.39 is 17.6 Å². The van der Waals surface area contributed by atoms with E-state index in [1.165, 1.54) is 32.4 Å². The topological polar surface area (TPSA) is 69.5 Å². The van der Waals surface area contributed by atoms with Gasteiger partial charge in [-0.05, 0) is 36.8 Å². The fraction of sp³-hybridized carbons (Fsp3) is 0.318. The van der Waals surface area contributed by atoms with Gasteiger partial charge in [0.1, 0.15) is 25.4 Å². The first kappa shape index (κ1) is 21.4. The molecule has 1 aliphatic rings. The third-order valence-electron chi connectivity index (χ3n) is 4.90. The molecule has 0 aliphatic heterocycles. The third kappa shape index (κ3) is 5.00. The number of carbonyl (C=O) groups is 1. The molecule has 3 rings (SSSR count). The predicted molar refractivity (Wildman–Crippen MR) is 107 cm³/mol. The van der Waals surface area contributed by atoms with Crippen molar-refractivity contribution in [1.29, 1.82) is 0 Å². The van der Waals surface area contributed by atoms with Gasteiger partial charge in [0, 0.05) is 22.9 Å². The number of methoxy groups -OCH3 is 1. The van der Waals surface area contributed by atoms with Crippen LogP contribution >= 0.6 is 0 Å². The summed E-state index contributed by atoms with van der Waals surface area (Å²) < 4.78 is 32.4. The summed E-state index contributed by atoms with van der Waals surface area (Å²) in [5.41, 5.74) is 1.36. The lowest BCUT2D eigenvalue weighted by atomic mass is 10.0. The third-order valence-corrected chi connectivity index (χ3v) is 4.90. The van der Waals surface area contributed by atoms with Crippen molar-refractivity contribution < 1.29 is 28.0 Å². The Morgan fingerprint density at radius 1 is 1.13 bits per heavy atom. The van der Waals surface area contributed by atoms with Crippen LogP contribution in [0, 0.1) is 17.6 Å². The molecule has 30 heavy (non-hydrogen) atoms. The predicted octanol–water partition coefficient (Wildman–Crippen LogP) is 4.18. The first-order valence-electron chi connectivity index (χ1n) is 9.42. The molecular formula is C22H22F2N2O4. The van der Waals surface area contributed by atoms with Crippen LogP contribution in [0.25, 0.3) is 0 Å². The molecule has 2 atom stereocenters. The normalized spacial score (nSPS) is 18.3. The zero-order valence-electron chi connectivity index (χ0n) is 16.7. The molecule has 0 bridgehead atoms. The molecule has 2 aromatic rings. The molecule has 0 unspecified atom stereocenters. The van der Waals surface area contributed by atoms with Crippen LogP contribution in [-0.4, -0.2) is 32.1 Å². The Kier molecular flexibility index (Phi) is 7.11. The van der Waals surface area contributed by atoms with Crippen LogP contribution in [-0.2, 0) is 25.8 Å². The lowest BCUT2D eigenvalue weighted by Crippen LogP contribution is -2.19. The second-order valence-corrected chi connectivity index (χ2v) is 6.81. The highest BCUT2D eigenvalue weighted by Gasteiger charge is 2.40. The number of oxime groups is 2. The van der Waals surface area contributed by atoms with Gasteiger partial charge >= 0.3 is 5.97 Å².